The predicted molar refractivity (Wildman–Crippen MR) is 131 cm³/mol. The Hall–Kier alpha value is -3.17. The van der Waals surface area contributed by atoms with E-state index in [1.165, 1.54) is 0 Å². The maximum atomic E-state index is 12.7. The number of hydroxylamine groups is 1. The first kappa shape index (κ1) is 31.1. The van der Waals surface area contributed by atoms with E-state index >= 15 is 0 Å². The molecule has 0 heterocycles. The molecule has 2 fully saturated rings. The van der Waals surface area contributed by atoms with Crippen LogP contribution in [0.25, 0.3) is 0 Å². The zero-order chi connectivity index (χ0) is 28.1. The van der Waals surface area contributed by atoms with E-state index in [-0.39, 0.29) is 43.9 Å². The predicted octanol–water partition coefficient (Wildman–Crippen LogP) is 1.10. The number of hydrogen-bond acceptors (Lipinski definition) is 9. The Bertz CT molecular complexity index is 911. The number of ketones is 1. The number of aliphatic carboxylic acids is 2. The monoisotopic (exact) mass is 538 g/mol. The molecule has 0 saturated heterocycles. The summed E-state index contributed by atoms with van der Waals surface area (Å²) in [6, 6.07) is 0. The molecule has 2 rings (SSSR count). The summed E-state index contributed by atoms with van der Waals surface area (Å²) in [6.07, 6.45) is 4.58. The fraction of sp³-hybridized carbons (Fsp3) is 0.731. The van der Waals surface area contributed by atoms with Gasteiger partial charge in [-0.1, -0.05) is 0 Å². The van der Waals surface area contributed by atoms with Crippen molar-refractivity contribution in [1.82, 2.24) is 10.8 Å². The van der Waals surface area contributed by atoms with E-state index in [9.17, 15) is 34.2 Å². The Balaban J connectivity index is 1.70. The van der Waals surface area contributed by atoms with Crippen molar-refractivity contribution >= 4 is 29.6 Å². The zero-order valence-corrected chi connectivity index (χ0v) is 21.6. The number of amides is 1. The zero-order valence-electron chi connectivity index (χ0n) is 21.6. The van der Waals surface area contributed by atoms with Gasteiger partial charge in [-0.15, -0.1) is 0 Å². The van der Waals surface area contributed by atoms with Crippen molar-refractivity contribution in [2.75, 3.05) is 26.3 Å². The number of unbranched alkanes of at least 4 members (excludes halogenated alkanes) is 1. The van der Waals surface area contributed by atoms with Crippen LogP contribution >= 0.6 is 0 Å². The van der Waals surface area contributed by atoms with E-state index in [4.69, 9.17) is 14.7 Å². The van der Waals surface area contributed by atoms with Crippen LogP contribution in [0.4, 0.5) is 0 Å². The van der Waals surface area contributed by atoms with E-state index in [2.05, 4.69) is 16.7 Å². The molecule has 0 bridgehead atoms. The number of aliphatic hydroxyl groups excluding tert-OH is 1. The molecule has 12 nitrogen and oxygen atoms in total. The van der Waals surface area contributed by atoms with Gasteiger partial charge in [0.05, 0.1) is 36.9 Å². The highest BCUT2D eigenvalue weighted by Crippen LogP contribution is 2.36. The van der Waals surface area contributed by atoms with Crippen molar-refractivity contribution in [2.45, 2.75) is 58.3 Å². The number of rotatable bonds is 14. The van der Waals surface area contributed by atoms with Gasteiger partial charge in [-0.2, -0.15) is 0 Å². The van der Waals surface area contributed by atoms with Crippen LogP contribution in [0.15, 0.2) is 0 Å². The number of aliphatic hydroxyl groups is 1. The number of carboxylic acid groups (broad SMARTS) is 2. The number of esters is 1. The van der Waals surface area contributed by atoms with Crippen LogP contribution in [0.5, 0.6) is 0 Å². The van der Waals surface area contributed by atoms with Gasteiger partial charge in [0.25, 0.3) is 0 Å². The third-order valence-corrected chi connectivity index (χ3v) is 7.38. The minimum Gasteiger partial charge on any atom is -0.481 e. The Morgan fingerprint density at radius 2 is 1.53 bits per heavy atom. The molecule has 12 heteroatoms. The van der Waals surface area contributed by atoms with Gasteiger partial charge in [0, 0.05) is 24.9 Å². The fourth-order valence-corrected chi connectivity index (χ4v) is 5.30. The van der Waals surface area contributed by atoms with E-state index in [1.54, 1.807) is 13.0 Å². The van der Waals surface area contributed by atoms with Gasteiger partial charge in [0.1, 0.15) is 6.11 Å². The third-order valence-electron chi connectivity index (χ3n) is 7.38. The maximum absolute atomic E-state index is 12.7. The Labute approximate surface area is 221 Å². The number of ether oxygens (including phenoxy) is 1. The molecule has 0 aromatic carbocycles. The lowest BCUT2D eigenvalue weighted by Gasteiger charge is -2.32. The van der Waals surface area contributed by atoms with Crippen molar-refractivity contribution in [2.24, 2.45) is 35.5 Å². The van der Waals surface area contributed by atoms with Gasteiger partial charge in [0.15, 0.2) is 0 Å². The Morgan fingerprint density at radius 3 is 2.18 bits per heavy atom. The molecule has 2 aliphatic rings. The highest BCUT2D eigenvalue weighted by Gasteiger charge is 2.41. The Morgan fingerprint density at radius 1 is 0.868 bits per heavy atom. The number of Topliss-reactive ketones (excluding diaryl/α,β-unsaturated/α-hetero) is 1. The first-order valence-corrected chi connectivity index (χ1v) is 13.1. The van der Waals surface area contributed by atoms with Gasteiger partial charge < -0.3 is 30.2 Å². The smallest absolute Gasteiger partial charge is 0.308 e. The highest BCUT2D eigenvalue weighted by molar-refractivity contribution is 5.98. The summed E-state index contributed by atoms with van der Waals surface area (Å²) < 4.78 is 5.07. The summed E-state index contributed by atoms with van der Waals surface area (Å²) in [4.78, 5) is 65.3. The molecular formula is C26H38N2O10. The lowest BCUT2D eigenvalue weighted by Crippen LogP contribution is -2.43. The van der Waals surface area contributed by atoms with E-state index < -0.39 is 47.3 Å². The summed E-state index contributed by atoms with van der Waals surface area (Å²) >= 11 is 0. The highest BCUT2D eigenvalue weighted by atomic mass is 16.6. The van der Waals surface area contributed by atoms with E-state index in [1.807, 2.05) is 0 Å². The molecule has 38 heavy (non-hydrogen) atoms. The molecule has 2 aliphatic carbocycles. The molecule has 1 amide bonds. The van der Waals surface area contributed by atoms with Crippen molar-refractivity contribution in [3.8, 4) is 12.0 Å². The Kier molecular flexibility index (Phi) is 13.0. The minimum absolute atomic E-state index is 0.0707. The van der Waals surface area contributed by atoms with Crippen molar-refractivity contribution in [1.29, 1.82) is 0 Å². The molecule has 0 aromatic heterocycles. The van der Waals surface area contributed by atoms with Gasteiger partial charge in [-0.25, -0.2) is 5.48 Å². The van der Waals surface area contributed by atoms with Crippen molar-refractivity contribution in [3.63, 3.8) is 0 Å². The molecule has 2 saturated carbocycles. The first-order valence-electron chi connectivity index (χ1n) is 13.1. The molecule has 0 aliphatic heterocycles. The molecule has 0 aromatic rings. The second kappa shape index (κ2) is 15.9. The summed E-state index contributed by atoms with van der Waals surface area (Å²) in [5.41, 5.74) is 2.79. The van der Waals surface area contributed by atoms with Crippen molar-refractivity contribution in [3.05, 3.63) is 0 Å². The van der Waals surface area contributed by atoms with Gasteiger partial charge in [0.2, 0.25) is 11.7 Å². The summed E-state index contributed by atoms with van der Waals surface area (Å²) in [5.74, 6) is -4.72. The van der Waals surface area contributed by atoms with Gasteiger partial charge in [-0.3, -0.25) is 24.0 Å². The molecular weight excluding hydrogens is 500 g/mol. The largest absolute Gasteiger partial charge is 0.481 e. The lowest BCUT2D eigenvalue weighted by molar-refractivity contribution is -0.156. The van der Waals surface area contributed by atoms with E-state index in [0.717, 1.165) is 0 Å². The third kappa shape index (κ3) is 9.29. The fourth-order valence-electron chi connectivity index (χ4n) is 5.30. The number of carbonyl (C=O) groups is 5. The topological polar surface area (TPSA) is 189 Å². The average Bonchev–Trinajstić information content (AvgIpc) is 2.89. The second-order valence-corrected chi connectivity index (χ2v) is 9.83. The normalized spacial score (nSPS) is 26.9. The van der Waals surface area contributed by atoms with Crippen LogP contribution in [0.3, 0.4) is 0 Å². The number of hydrogen-bond donors (Lipinski definition) is 5. The minimum atomic E-state index is -1.08. The van der Waals surface area contributed by atoms with Gasteiger partial charge in [-0.05, 0) is 64.2 Å². The lowest BCUT2D eigenvalue weighted by atomic mass is 9.72. The number of nitrogens with one attached hydrogen (secondary N) is 2. The average molecular weight is 539 g/mol. The summed E-state index contributed by atoms with van der Waals surface area (Å²) in [7, 11) is 0. The van der Waals surface area contributed by atoms with Crippen LogP contribution in [-0.4, -0.2) is 71.2 Å². The number of carbonyl (C=O) groups excluding carboxylic acids is 3. The molecule has 0 spiro atoms. The van der Waals surface area contributed by atoms with Crippen LogP contribution in [0.2, 0.25) is 0 Å². The van der Waals surface area contributed by atoms with Crippen LogP contribution in [0.1, 0.15) is 58.3 Å². The van der Waals surface area contributed by atoms with Crippen molar-refractivity contribution < 1.29 is 48.9 Å². The standard InChI is InChI=1S/C26H38N2O10/c1-2-37-26(36)17-6-7-19(24(32)33)18(13-17)15-38-28-11-4-3-10-27-23(31)21-14-16(22(30)9-12-29)5-8-20(21)25(34)35/h16-21,28-29H,2-8,10-11,13-15H2,1H3,(H,27,31)(H,32,33)(H,34,35). The SMILES string of the molecule is CCOC(=O)C1CCC(C(=O)O)C(CONCCCCNC(=O)C2CC(C(=O)C#CO)CCC2C(=O)O)C1. The van der Waals surface area contributed by atoms with Gasteiger partial charge >= 0.3 is 17.9 Å². The first-order chi connectivity index (χ1) is 18.2. The molecule has 5 N–H and O–H groups in total. The van der Waals surface area contributed by atoms with Crippen LogP contribution in [-0.2, 0) is 33.5 Å². The van der Waals surface area contributed by atoms with E-state index in [0.29, 0.717) is 51.6 Å². The second-order valence-electron chi connectivity index (χ2n) is 9.83. The van der Waals surface area contributed by atoms with Crippen LogP contribution in [0, 0.1) is 47.5 Å². The molecule has 212 valence electrons. The number of carboxylic acids is 2. The summed E-state index contributed by atoms with van der Waals surface area (Å²) in [6.45, 7) is 2.90. The molecule has 6 unspecified atom stereocenters. The molecule has 0 radical (unpaired) electrons. The maximum Gasteiger partial charge on any atom is 0.308 e. The molecule has 6 atom stereocenters. The quantitative estimate of drug-likeness (QED) is 0.0922. The summed E-state index contributed by atoms with van der Waals surface area (Å²) in [5, 5.41) is 30.4. The van der Waals surface area contributed by atoms with Crippen LogP contribution < -0.4 is 10.8 Å².